The molecule has 2 nitrogen and oxygen atoms in total. The summed E-state index contributed by atoms with van der Waals surface area (Å²) >= 11 is 0. The van der Waals surface area contributed by atoms with E-state index in [0.29, 0.717) is 5.92 Å². The van der Waals surface area contributed by atoms with Gasteiger partial charge in [0.15, 0.2) is 0 Å². The van der Waals surface area contributed by atoms with E-state index in [-0.39, 0.29) is 0 Å². The summed E-state index contributed by atoms with van der Waals surface area (Å²) in [6.07, 6.45) is 9.55. The second kappa shape index (κ2) is 4.69. The molecule has 15 heavy (non-hydrogen) atoms. The number of allylic oxidation sites excluding steroid dienone is 4. The normalized spacial score (nSPS) is 14.7. The van der Waals surface area contributed by atoms with Crippen molar-refractivity contribution in [3.05, 3.63) is 48.6 Å². The van der Waals surface area contributed by atoms with Gasteiger partial charge in [-0.25, -0.2) is 0 Å². The van der Waals surface area contributed by atoms with Crippen LogP contribution in [-0.2, 0) is 0 Å². The van der Waals surface area contributed by atoms with Crippen LogP contribution < -0.4 is 10.5 Å². The minimum Gasteiger partial charge on any atom is -0.494 e. The highest BCUT2D eigenvalue weighted by molar-refractivity contribution is 5.41. The smallest absolute Gasteiger partial charge is 0.119 e. The van der Waals surface area contributed by atoms with Gasteiger partial charge in [0.2, 0.25) is 0 Å². The van der Waals surface area contributed by atoms with Crippen molar-refractivity contribution in [2.75, 3.05) is 12.3 Å². The Morgan fingerprint density at radius 1 is 1.07 bits per heavy atom. The van der Waals surface area contributed by atoms with E-state index in [1.54, 1.807) is 0 Å². The summed E-state index contributed by atoms with van der Waals surface area (Å²) in [5.74, 6) is 1.42. The van der Waals surface area contributed by atoms with Gasteiger partial charge in [0.1, 0.15) is 5.75 Å². The van der Waals surface area contributed by atoms with E-state index in [1.807, 2.05) is 24.3 Å². The molecule has 0 fully saturated rings. The molecular formula is C13H15NO. The maximum Gasteiger partial charge on any atom is 0.119 e. The van der Waals surface area contributed by atoms with Crippen molar-refractivity contribution in [3.8, 4) is 5.75 Å². The predicted molar refractivity (Wildman–Crippen MR) is 62.7 cm³/mol. The van der Waals surface area contributed by atoms with Gasteiger partial charge >= 0.3 is 0 Å². The Bertz CT molecular complexity index is 353. The monoisotopic (exact) mass is 201 g/mol. The molecule has 0 radical (unpaired) electrons. The zero-order chi connectivity index (χ0) is 10.5. The van der Waals surface area contributed by atoms with Crippen molar-refractivity contribution < 1.29 is 4.74 Å². The largest absolute Gasteiger partial charge is 0.494 e. The number of hydrogen-bond donors (Lipinski definition) is 1. The molecule has 1 aromatic carbocycles. The highest BCUT2D eigenvalue weighted by atomic mass is 16.5. The van der Waals surface area contributed by atoms with Crippen LogP contribution in [0.25, 0.3) is 0 Å². The third kappa shape index (κ3) is 2.88. The Kier molecular flexibility index (Phi) is 3.08. The summed E-state index contributed by atoms with van der Waals surface area (Å²) in [5.41, 5.74) is 6.35. The highest BCUT2D eigenvalue weighted by Crippen LogP contribution is 2.16. The third-order valence-electron chi connectivity index (χ3n) is 2.43. The Morgan fingerprint density at radius 3 is 2.40 bits per heavy atom. The zero-order valence-electron chi connectivity index (χ0n) is 8.60. The Balaban J connectivity index is 1.76. The molecule has 2 rings (SSSR count). The number of hydrogen-bond acceptors (Lipinski definition) is 2. The van der Waals surface area contributed by atoms with Gasteiger partial charge in [0.05, 0.1) is 6.61 Å². The third-order valence-corrected chi connectivity index (χ3v) is 2.43. The van der Waals surface area contributed by atoms with Crippen molar-refractivity contribution in [1.29, 1.82) is 0 Å². The van der Waals surface area contributed by atoms with Gasteiger partial charge in [-0.05, 0) is 36.6 Å². The van der Waals surface area contributed by atoms with Crippen molar-refractivity contribution in [2.24, 2.45) is 5.92 Å². The highest BCUT2D eigenvalue weighted by Gasteiger charge is 2.03. The molecule has 1 aliphatic rings. The zero-order valence-corrected chi connectivity index (χ0v) is 8.60. The van der Waals surface area contributed by atoms with E-state index in [1.165, 1.54) is 0 Å². The summed E-state index contributed by atoms with van der Waals surface area (Å²) in [4.78, 5) is 0. The van der Waals surface area contributed by atoms with Crippen LogP contribution in [0.2, 0.25) is 0 Å². The van der Waals surface area contributed by atoms with E-state index in [0.717, 1.165) is 24.5 Å². The van der Waals surface area contributed by atoms with Crippen LogP contribution >= 0.6 is 0 Å². The number of benzene rings is 1. The molecule has 0 spiro atoms. The van der Waals surface area contributed by atoms with E-state index in [9.17, 15) is 0 Å². The maximum absolute atomic E-state index is 5.60. The Labute approximate surface area is 90.1 Å². The van der Waals surface area contributed by atoms with Gasteiger partial charge in [0.25, 0.3) is 0 Å². The molecule has 0 heterocycles. The number of rotatable bonds is 4. The van der Waals surface area contributed by atoms with E-state index < -0.39 is 0 Å². The summed E-state index contributed by atoms with van der Waals surface area (Å²) in [7, 11) is 0. The topological polar surface area (TPSA) is 35.2 Å². The molecule has 0 unspecified atom stereocenters. The van der Waals surface area contributed by atoms with E-state index in [4.69, 9.17) is 10.5 Å². The summed E-state index contributed by atoms with van der Waals surface area (Å²) in [6.45, 7) is 0.739. The predicted octanol–water partition coefficient (Wildman–Crippen LogP) is 2.78. The molecule has 0 bridgehead atoms. The second-order valence-electron chi connectivity index (χ2n) is 3.64. The lowest BCUT2D eigenvalue weighted by atomic mass is 10.1. The Morgan fingerprint density at radius 2 is 1.73 bits per heavy atom. The first-order valence-electron chi connectivity index (χ1n) is 5.18. The first kappa shape index (κ1) is 9.84. The van der Waals surface area contributed by atoms with Gasteiger partial charge in [-0.15, -0.1) is 0 Å². The fraction of sp³-hybridized carbons (Fsp3) is 0.231. The molecule has 2 heteroatoms. The molecule has 0 atom stereocenters. The lowest BCUT2D eigenvalue weighted by molar-refractivity contribution is 0.301. The fourth-order valence-electron chi connectivity index (χ4n) is 1.55. The molecule has 1 aliphatic carbocycles. The summed E-state index contributed by atoms with van der Waals surface area (Å²) < 4.78 is 5.60. The van der Waals surface area contributed by atoms with Crippen LogP contribution in [-0.4, -0.2) is 6.61 Å². The molecule has 1 aromatic rings. The van der Waals surface area contributed by atoms with Crippen LogP contribution in [0, 0.1) is 5.92 Å². The van der Waals surface area contributed by atoms with Crippen LogP contribution in [0.4, 0.5) is 5.69 Å². The second-order valence-corrected chi connectivity index (χ2v) is 3.64. The first-order valence-corrected chi connectivity index (χ1v) is 5.18. The van der Waals surface area contributed by atoms with Crippen molar-refractivity contribution in [2.45, 2.75) is 6.42 Å². The summed E-state index contributed by atoms with van der Waals surface area (Å²) in [5, 5.41) is 0. The fourth-order valence-corrected chi connectivity index (χ4v) is 1.55. The number of nitrogens with two attached hydrogens (primary N) is 1. The Hall–Kier alpha value is -1.70. The molecule has 78 valence electrons. The first-order chi connectivity index (χ1) is 7.34. The molecular weight excluding hydrogens is 186 g/mol. The lowest BCUT2D eigenvalue weighted by Crippen LogP contribution is -2.02. The molecule has 0 amide bonds. The van der Waals surface area contributed by atoms with Gasteiger partial charge in [-0.3, -0.25) is 0 Å². The van der Waals surface area contributed by atoms with Crippen molar-refractivity contribution in [1.82, 2.24) is 0 Å². The standard InChI is InChI=1S/C13H15NO/c14-12-5-7-13(8-6-12)15-10-9-11-3-1-2-4-11/h1-8,11H,9-10,14H2. The van der Waals surface area contributed by atoms with Crippen LogP contribution in [0.5, 0.6) is 5.75 Å². The van der Waals surface area contributed by atoms with Crippen LogP contribution in [0.1, 0.15) is 6.42 Å². The maximum atomic E-state index is 5.60. The van der Waals surface area contributed by atoms with Crippen molar-refractivity contribution >= 4 is 5.69 Å². The number of ether oxygens (including phenoxy) is 1. The quantitative estimate of drug-likeness (QED) is 0.760. The molecule has 2 N–H and O–H groups in total. The van der Waals surface area contributed by atoms with Crippen LogP contribution in [0.15, 0.2) is 48.6 Å². The molecule has 0 saturated carbocycles. The van der Waals surface area contributed by atoms with Gasteiger partial charge in [0, 0.05) is 5.69 Å². The minimum atomic E-state index is 0.541. The number of anilines is 1. The minimum absolute atomic E-state index is 0.541. The van der Waals surface area contributed by atoms with Gasteiger partial charge in [-0.2, -0.15) is 0 Å². The molecule has 0 aliphatic heterocycles. The number of nitrogen functional groups attached to an aromatic ring is 1. The van der Waals surface area contributed by atoms with E-state index in [2.05, 4.69) is 24.3 Å². The summed E-state index contributed by atoms with van der Waals surface area (Å²) in [6, 6.07) is 7.50. The van der Waals surface area contributed by atoms with Crippen LogP contribution in [0.3, 0.4) is 0 Å². The molecule has 0 saturated heterocycles. The average Bonchev–Trinajstić information content (AvgIpc) is 2.74. The van der Waals surface area contributed by atoms with Gasteiger partial charge < -0.3 is 10.5 Å². The average molecular weight is 201 g/mol. The van der Waals surface area contributed by atoms with Crippen molar-refractivity contribution in [3.63, 3.8) is 0 Å². The SMILES string of the molecule is Nc1ccc(OCCC2C=CC=C2)cc1. The molecule has 0 aromatic heterocycles. The lowest BCUT2D eigenvalue weighted by Gasteiger charge is -2.08. The van der Waals surface area contributed by atoms with Gasteiger partial charge in [-0.1, -0.05) is 24.3 Å². The van der Waals surface area contributed by atoms with E-state index >= 15 is 0 Å².